The van der Waals surface area contributed by atoms with E-state index in [0.29, 0.717) is 13.2 Å². The molecule has 0 saturated carbocycles. The average molecular weight is 485 g/mol. The van der Waals surface area contributed by atoms with E-state index in [2.05, 4.69) is 31.3 Å². The predicted octanol–water partition coefficient (Wildman–Crippen LogP) is 2.93. The third kappa shape index (κ3) is 4.17. The van der Waals surface area contributed by atoms with E-state index in [0.717, 1.165) is 47.2 Å². The van der Waals surface area contributed by atoms with E-state index in [1.54, 1.807) is 12.1 Å². The molecule has 1 unspecified atom stereocenters. The molecule has 2 aliphatic heterocycles. The Labute approximate surface area is 166 Å². The van der Waals surface area contributed by atoms with Crippen LogP contribution in [0.5, 0.6) is 0 Å². The van der Waals surface area contributed by atoms with E-state index in [1.165, 1.54) is 12.1 Å². The zero-order valence-electron chi connectivity index (χ0n) is 15.7. The van der Waals surface area contributed by atoms with Crippen LogP contribution in [0.1, 0.15) is 6.92 Å². The monoisotopic (exact) mass is 485 g/mol. The van der Waals surface area contributed by atoms with Gasteiger partial charge in [-0.25, -0.2) is 0 Å². The van der Waals surface area contributed by atoms with Gasteiger partial charge in [-0.15, -0.1) is 0 Å². The Morgan fingerprint density at radius 3 is 2.78 bits per heavy atom. The Kier molecular flexibility index (Phi) is 5.74. The van der Waals surface area contributed by atoms with Crippen LogP contribution in [0.25, 0.3) is 11.3 Å². The second kappa shape index (κ2) is 8.24. The number of anilines is 2. The van der Waals surface area contributed by atoms with Crippen molar-refractivity contribution >= 4 is 31.9 Å². The number of aromatic nitrogens is 2. The fraction of sp³-hybridized carbons (Fsp3) is 0.474. The number of halogens is 2. The van der Waals surface area contributed by atoms with Crippen molar-refractivity contribution in [3.8, 4) is 11.3 Å². The molecular formula is C19H25FIN5O. The molecular weight excluding hydrogens is 460 g/mol. The van der Waals surface area contributed by atoms with Gasteiger partial charge in [0.15, 0.2) is 0 Å². The summed E-state index contributed by atoms with van der Waals surface area (Å²) in [5.74, 6) is 1.50. The van der Waals surface area contributed by atoms with Crippen molar-refractivity contribution < 1.29 is 9.13 Å². The second-order valence-corrected chi connectivity index (χ2v) is 11.9. The van der Waals surface area contributed by atoms with Crippen molar-refractivity contribution in [1.82, 2.24) is 15.3 Å². The van der Waals surface area contributed by atoms with E-state index < -0.39 is 20.1 Å². The fourth-order valence-corrected chi connectivity index (χ4v) is 7.06. The number of morpholine rings is 1. The first-order valence-electron chi connectivity index (χ1n) is 9.15. The summed E-state index contributed by atoms with van der Waals surface area (Å²) in [4.78, 5) is 14.4. The van der Waals surface area contributed by atoms with Crippen LogP contribution in [0.3, 0.4) is 0 Å². The molecule has 146 valence electrons. The van der Waals surface area contributed by atoms with Gasteiger partial charge in [-0.2, -0.15) is 0 Å². The number of hydrogen-bond acceptors (Lipinski definition) is 6. The molecule has 8 heteroatoms. The fourth-order valence-electron chi connectivity index (χ4n) is 3.33. The molecule has 3 heterocycles. The van der Waals surface area contributed by atoms with E-state index in [1.807, 2.05) is 0 Å². The summed E-state index contributed by atoms with van der Waals surface area (Å²) in [7, 11) is 0. The van der Waals surface area contributed by atoms with Crippen LogP contribution < -0.4 is 13.3 Å². The third-order valence-corrected chi connectivity index (χ3v) is 9.44. The molecule has 2 saturated heterocycles. The number of nitrogens with zero attached hydrogens (tertiary/aromatic N) is 4. The van der Waals surface area contributed by atoms with Crippen LogP contribution in [-0.4, -0.2) is 58.3 Å². The number of alkyl halides is 2. The zero-order valence-corrected chi connectivity index (χ0v) is 17.8. The first-order valence-corrected chi connectivity index (χ1v) is 13.8. The molecule has 1 aromatic heterocycles. The van der Waals surface area contributed by atoms with Crippen LogP contribution in [-0.2, 0) is 4.74 Å². The van der Waals surface area contributed by atoms with Crippen molar-refractivity contribution in [2.75, 3.05) is 50.3 Å². The molecule has 0 radical (unpaired) electrons. The van der Waals surface area contributed by atoms with Crippen LogP contribution in [0.15, 0.2) is 30.3 Å². The molecule has 2 fully saturated rings. The average Bonchev–Trinajstić information content (AvgIpc) is 2.69. The van der Waals surface area contributed by atoms with Crippen molar-refractivity contribution in [1.29, 1.82) is 0 Å². The van der Waals surface area contributed by atoms with Gasteiger partial charge in [0, 0.05) is 0 Å². The number of ether oxygens (including phenoxy) is 1. The number of hydrogen-bond donors (Lipinski definition) is 1. The number of benzene rings is 1. The van der Waals surface area contributed by atoms with Gasteiger partial charge < -0.3 is 0 Å². The molecule has 6 nitrogen and oxygen atoms in total. The Bertz CT molecular complexity index is 750. The van der Waals surface area contributed by atoms with Crippen molar-refractivity contribution in [2.24, 2.45) is 0 Å². The Hall–Kier alpha value is -1.52. The summed E-state index contributed by atoms with van der Waals surface area (Å²) >= 11 is -1.30. The summed E-state index contributed by atoms with van der Waals surface area (Å²) in [5, 5.41) is 3.49. The van der Waals surface area contributed by atoms with Crippen LogP contribution in [0, 0.1) is 5.82 Å². The van der Waals surface area contributed by atoms with Crippen molar-refractivity contribution in [2.45, 2.75) is 13.0 Å². The Morgan fingerprint density at radius 1 is 1.22 bits per heavy atom. The van der Waals surface area contributed by atoms with Gasteiger partial charge in [-0.1, -0.05) is 0 Å². The summed E-state index contributed by atoms with van der Waals surface area (Å²) in [6, 6.07) is 8.83. The normalized spacial score (nSPS) is 22.2. The van der Waals surface area contributed by atoms with Gasteiger partial charge in [-0.3, -0.25) is 0 Å². The molecule has 2 aromatic rings. The first-order chi connectivity index (χ1) is 13.1. The molecule has 1 N–H and O–H groups in total. The van der Waals surface area contributed by atoms with E-state index in [-0.39, 0.29) is 11.9 Å². The molecule has 2 aliphatic rings. The quantitative estimate of drug-likeness (QED) is 0.313. The van der Waals surface area contributed by atoms with Gasteiger partial charge in [-0.05, 0) is 0 Å². The van der Waals surface area contributed by atoms with Crippen LogP contribution >= 0.6 is 20.1 Å². The maximum atomic E-state index is 13.4. The maximum absolute atomic E-state index is 13.4. The summed E-state index contributed by atoms with van der Waals surface area (Å²) in [6.07, 6.45) is 0. The minimum atomic E-state index is -1.30. The topological polar surface area (TPSA) is 53.5 Å². The van der Waals surface area contributed by atoms with E-state index in [4.69, 9.17) is 14.7 Å². The van der Waals surface area contributed by atoms with Crippen molar-refractivity contribution in [3.05, 3.63) is 36.1 Å². The SMILES string of the molecule is CC1COCCN1c1nc(-c2ccc(F)cc2)cc(N2CCNCI2C)n1. The van der Waals surface area contributed by atoms with Gasteiger partial charge in [0.2, 0.25) is 0 Å². The Morgan fingerprint density at radius 2 is 2.04 bits per heavy atom. The summed E-state index contributed by atoms with van der Waals surface area (Å²) < 4.78 is 22.5. The van der Waals surface area contributed by atoms with Crippen LogP contribution in [0.2, 0.25) is 0 Å². The van der Waals surface area contributed by atoms with Gasteiger partial charge in [0.1, 0.15) is 0 Å². The van der Waals surface area contributed by atoms with Crippen LogP contribution in [0.4, 0.5) is 16.2 Å². The van der Waals surface area contributed by atoms with E-state index in [9.17, 15) is 4.39 Å². The van der Waals surface area contributed by atoms with Crippen molar-refractivity contribution in [3.63, 3.8) is 0 Å². The molecule has 1 aromatic carbocycles. The molecule has 0 bridgehead atoms. The molecule has 1 atom stereocenters. The first kappa shape index (κ1) is 18.8. The Balaban J connectivity index is 1.76. The minimum absolute atomic E-state index is 0.231. The van der Waals surface area contributed by atoms with E-state index >= 15 is 0 Å². The molecule has 0 aliphatic carbocycles. The number of nitrogens with one attached hydrogen (secondary N) is 1. The predicted molar refractivity (Wildman–Crippen MR) is 115 cm³/mol. The molecule has 0 amide bonds. The molecule has 27 heavy (non-hydrogen) atoms. The van der Waals surface area contributed by atoms with Gasteiger partial charge in [0.05, 0.1) is 0 Å². The third-order valence-electron chi connectivity index (χ3n) is 4.84. The zero-order chi connectivity index (χ0) is 18.8. The summed E-state index contributed by atoms with van der Waals surface area (Å²) in [6.45, 7) is 6.23. The summed E-state index contributed by atoms with van der Waals surface area (Å²) in [5.41, 5.74) is 1.75. The van der Waals surface area contributed by atoms with Gasteiger partial charge in [0.25, 0.3) is 0 Å². The molecule has 4 rings (SSSR count). The molecule has 0 spiro atoms. The second-order valence-electron chi connectivity index (χ2n) is 6.81. The van der Waals surface area contributed by atoms with Gasteiger partial charge >= 0.3 is 167 Å². The number of rotatable bonds is 3. The standard InChI is InChI=1S/C19H25FIN5O/c1-14-12-27-10-9-25(14)19-23-17(15-3-5-16(20)6-4-15)11-18(24-19)26-8-7-22-13-21(26)2/h3-6,11,14,22H,7-10,12-13H2,1-2H3.